The smallest absolute Gasteiger partial charge is 0.293 e. The standard InChI is InChI=1S/C15H15BNO2/c1-12-15(18)19-16(17-12,13-8-4-2-5-9-13)14-10-6-3-7-11-14/h2-12,17H,1H3/q-1. The van der Waals surface area contributed by atoms with Crippen LogP contribution in [0.15, 0.2) is 60.7 Å². The minimum absolute atomic E-state index is 0.201. The molecule has 0 spiro atoms. The monoisotopic (exact) mass is 252 g/mol. The second-order valence-corrected chi connectivity index (χ2v) is 4.93. The van der Waals surface area contributed by atoms with Gasteiger partial charge in [0.25, 0.3) is 12.5 Å². The lowest BCUT2D eigenvalue weighted by molar-refractivity contribution is -0.133. The van der Waals surface area contributed by atoms with Crippen molar-refractivity contribution in [3.05, 3.63) is 60.7 Å². The van der Waals surface area contributed by atoms with Gasteiger partial charge in [-0.05, 0) is 6.92 Å². The van der Waals surface area contributed by atoms with Gasteiger partial charge in [0, 0.05) is 0 Å². The fraction of sp³-hybridized carbons (Fsp3) is 0.133. The Balaban J connectivity index is 2.15. The molecule has 0 aliphatic carbocycles. The van der Waals surface area contributed by atoms with Gasteiger partial charge in [-0.2, -0.15) is 0 Å². The summed E-state index contributed by atoms with van der Waals surface area (Å²) in [7, 11) is 0. The van der Waals surface area contributed by atoms with E-state index in [1.165, 1.54) is 0 Å². The van der Waals surface area contributed by atoms with E-state index in [1.54, 1.807) is 0 Å². The number of carbonyl (C=O) groups is 1. The van der Waals surface area contributed by atoms with Gasteiger partial charge in [-0.3, -0.25) is 4.79 Å². The Labute approximate surface area is 112 Å². The minimum Gasteiger partial charge on any atom is -0.667 e. The zero-order valence-corrected chi connectivity index (χ0v) is 10.7. The van der Waals surface area contributed by atoms with Crippen LogP contribution in [0.25, 0.3) is 0 Å². The lowest BCUT2D eigenvalue weighted by atomic mass is 9.42. The zero-order chi connectivity index (χ0) is 13.3. The Morgan fingerprint density at radius 3 is 1.79 bits per heavy atom. The highest BCUT2D eigenvalue weighted by atomic mass is 16.5. The number of benzene rings is 2. The van der Waals surface area contributed by atoms with Crippen molar-refractivity contribution in [2.24, 2.45) is 0 Å². The van der Waals surface area contributed by atoms with Gasteiger partial charge in [0.05, 0.1) is 6.04 Å². The maximum Gasteiger partial charge on any atom is 0.293 e. The van der Waals surface area contributed by atoms with Gasteiger partial charge in [0.2, 0.25) is 0 Å². The lowest BCUT2D eigenvalue weighted by Crippen LogP contribution is -2.68. The molecule has 3 rings (SSSR count). The summed E-state index contributed by atoms with van der Waals surface area (Å²) >= 11 is 0. The van der Waals surface area contributed by atoms with Crippen LogP contribution in [0.2, 0.25) is 0 Å². The molecule has 1 heterocycles. The highest BCUT2D eigenvalue weighted by Gasteiger charge is 2.41. The Morgan fingerprint density at radius 2 is 1.42 bits per heavy atom. The summed E-state index contributed by atoms with van der Waals surface area (Å²) in [5, 5.41) is 3.34. The molecule has 1 aliphatic heterocycles. The molecule has 0 bridgehead atoms. The van der Waals surface area contributed by atoms with Gasteiger partial charge in [-0.25, -0.2) is 0 Å². The third-order valence-electron chi connectivity index (χ3n) is 3.67. The average Bonchev–Trinajstić information content (AvgIpc) is 2.78. The van der Waals surface area contributed by atoms with Crippen LogP contribution in [-0.2, 0) is 9.45 Å². The number of nitrogens with one attached hydrogen (secondary N) is 1. The van der Waals surface area contributed by atoms with Crippen LogP contribution in [0.4, 0.5) is 0 Å². The van der Waals surface area contributed by atoms with E-state index in [-0.39, 0.29) is 12.0 Å². The van der Waals surface area contributed by atoms with Crippen molar-refractivity contribution < 1.29 is 9.45 Å². The van der Waals surface area contributed by atoms with E-state index in [4.69, 9.17) is 4.65 Å². The van der Waals surface area contributed by atoms with E-state index >= 15 is 0 Å². The van der Waals surface area contributed by atoms with Crippen molar-refractivity contribution in [3.8, 4) is 0 Å². The second-order valence-electron chi connectivity index (χ2n) is 4.93. The van der Waals surface area contributed by atoms with Crippen LogP contribution in [0, 0.1) is 0 Å². The molecular formula is C15H15BNO2-. The average molecular weight is 252 g/mol. The highest BCUT2D eigenvalue weighted by Crippen LogP contribution is 2.13. The molecule has 0 saturated carbocycles. The van der Waals surface area contributed by atoms with E-state index in [1.807, 2.05) is 67.6 Å². The molecule has 0 amide bonds. The van der Waals surface area contributed by atoms with Gasteiger partial charge in [0.15, 0.2) is 0 Å². The van der Waals surface area contributed by atoms with Gasteiger partial charge in [-0.1, -0.05) is 60.7 Å². The first-order chi connectivity index (χ1) is 9.22. The van der Waals surface area contributed by atoms with Crippen LogP contribution in [0.5, 0.6) is 0 Å². The zero-order valence-electron chi connectivity index (χ0n) is 10.7. The highest BCUT2D eigenvalue weighted by molar-refractivity contribution is 6.97. The molecule has 2 aromatic carbocycles. The fourth-order valence-electron chi connectivity index (χ4n) is 2.70. The number of hydrogen-bond donors (Lipinski definition) is 1. The predicted molar refractivity (Wildman–Crippen MR) is 76.6 cm³/mol. The molecule has 1 atom stereocenters. The van der Waals surface area contributed by atoms with Crippen molar-refractivity contribution in [3.63, 3.8) is 0 Å². The van der Waals surface area contributed by atoms with Crippen molar-refractivity contribution >= 4 is 23.4 Å². The first-order valence-corrected chi connectivity index (χ1v) is 6.49. The molecule has 1 saturated heterocycles. The quantitative estimate of drug-likeness (QED) is 0.802. The SMILES string of the molecule is CC1N[B-](c2ccccc2)(c2ccccc2)OC1=O. The summed E-state index contributed by atoms with van der Waals surface area (Å²) in [6, 6.07) is 19.4. The van der Waals surface area contributed by atoms with E-state index in [0.29, 0.717) is 0 Å². The molecule has 3 nitrogen and oxygen atoms in total. The van der Waals surface area contributed by atoms with Crippen molar-refractivity contribution in [2.45, 2.75) is 13.0 Å². The minimum atomic E-state index is -1.66. The molecule has 0 aromatic heterocycles. The van der Waals surface area contributed by atoms with E-state index in [2.05, 4.69) is 5.23 Å². The van der Waals surface area contributed by atoms with Crippen LogP contribution < -0.4 is 16.2 Å². The van der Waals surface area contributed by atoms with Gasteiger partial charge < -0.3 is 9.88 Å². The van der Waals surface area contributed by atoms with Crippen LogP contribution in [-0.4, -0.2) is 18.5 Å². The Hall–Kier alpha value is -2.07. The summed E-state index contributed by atoms with van der Waals surface area (Å²) in [6.07, 6.45) is 0. The predicted octanol–water partition coefficient (Wildman–Crippen LogP) is 0.778. The summed E-state index contributed by atoms with van der Waals surface area (Å²) in [5.41, 5.74) is 1.98. The first kappa shape index (κ1) is 12.0. The van der Waals surface area contributed by atoms with Gasteiger partial charge in [-0.15, -0.1) is 10.9 Å². The second kappa shape index (κ2) is 4.55. The van der Waals surface area contributed by atoms with Gasteiger partial charge >= 0.3 is 0 Å². The maximum atomic E-state index is 11.9. The van der Waals surface area contributed by atoms with E-state index in [0.717, 1.165) is 10.9 Å². The molecule has 19 heavy (non-hydrogen) atoms. The summed E-state index contributed by atoms with van der Waals surface area (Å²) in [4.78, 5) is 11.9. The maximum absolute atomic E-state index is 11.9. The van der Waals surface area contributed by atoms with E-state index in [9.17, 15) is 4.79 Å². The number of rotatable bonds is 2. The Bertz CT molecular complexity index is 546. The first-order valence-electron chi connectivity index (χ1n) is 6.49. The molecule has 96 valence electrons. The number of hydrogen-bond acceptors (Lipinski definition) is 3. The molecule has 2 aromatic rings. The van der Waals surface area contributed by atoms with Crippen LogP contribution in [0.3, 0.4) is 0 Å². The normalized spacial score (nSPS) is 21.1. The summed E-state index contributed by atoms with van der Waals surface area (Å²) in [5.74, 6) is -0.201. The molecular weight excluding hydrogens is 237 g/mol. The molecule has 1 unspecified atom stereocenters. The van der Waals surface area contributed by atoms with Crippen molar-refractivity contribution in [1.82, 2.24) is 5.23 Å². The third-order valence-corrected chi connectivity index (χ3v) is 3.67. The Morgan fingerprint density at radius 1 is 0.947 bits per heavy atom. The topological polar surface area (TPSA) is 38.3 Å². The molecule has 0 radical (unpaired) electrons. The molecule has 1 aliphatic rings. The van der Waals surface area contributed by atoms with Crippen molar-refractivity contribution in [1.29, 1.82) is 0 Å². The summed E-state index contributed by atoms with van der Waals surface area (Å²) < 4.78 is 5.75. The van der Waals surface area contributed by atoms with E-state index < -0.39 is 6.48 Å². The fourth-order valence-corrected chi connectivity index (χ4v) is 2.70. The van der Waals surface area contributed by atoms with Crippen LogP contribution >= 0.6 is 0 Å². The lowest BCUT2D eigenvalue weighted by Gasteiger charge is -2.36. The Kier molecular flexibility index (Phi) is 2.88. The largest absolute Gasteiger partial charge is 0.667 e. The molecule has 4 heteroatoms. The summed E-state index contributed by atoms with van der Waals surface area (Å²) in [6.45, 7) is 0.175. The van der Waals surface area contributed by atoms with Crippen molar-refractivity contribution in [2.75, 3.05) is 0 Å². The van der Waals surface area contributed by atoms with Crippen LogP contribution in [0.1, 0.15) is 6.92 Å². The molecule has 1 fully saturated rings. The van der Waals surface area contributed by atoms with Gasteiger partial charge in [0.1, 0.15) is 0 Å². The third kappa shape index (κ3) is 1.94. The number of carbonyl (C=O) groups excluding carboxylic acids is 1. The molecule has 1 N–H and O–H groups in total.